The molecule has 1 heterocycles. The number of hydrogen-bond donors (Lipinski definition) is 1. The van der Waals surface area contributed by atoms with Crippen LogP contribution in [0.25, 0.3) is 0 Å². The number of likely N-dealkylation sites (tertiary alicyclic amines) is 1. The fraction of sp³-hybridized carbons (Fsp3) is 0.500. The zero-order chi connectivity index (χ0) is 14.7. The van der Waals surface area contributed by atoms with Crippen molar-refractivity contribution in [3.8, 4) is 0 Å². The summed E-state index contributed by atoms with van der Waals surface area (Å²) in [5.41, 5.74) is 9.49. The normalized spacial score (nSPS) is 18.1. The Balaban J connectivity index is 2.15. The first-order chi connectivity index (χ1) is 9.49. The zero-order valence-corrected chi connectivity index (χ0v) is 12.2. The Morgan fingerprint density at radius 2 is 1.75 bits per heavy atom. The Bertz CT molecular complexity index is 507. The summed E-state index contributed by atoms with van der Waals surface area (Å²) in [4.78, 5) is 25.3. The van der Waals surface area contributed by atoms with Crippen molar-refractivity contribution in [1.82, 2.24) is 4.90 Å². The van der Waals surface area contributed by atoms with Crippen molar-refractivity contribution < 1.29 is 9.59 Å². The van der Waals surface area contributed by atoms with Crippen molar-refractivity contribution in [2.75, 3.05) is 6.54 Å². The van der Waals surface area contributed by atoms with Crippen LogP contribution in [0.3, 0.4) is 0 Å². The number of benzene rings is 1. The molecule has 1 aliphatic heterocycles. The van der Waals surface area contributed by atoms with Crippen molar-refractivity contribution in [1.29, 1.82) is 0 Å². The number of carbonyl (C=O) groups excluding carboxylic acids is 2. The maximum atomic E-state index is 12.0. The van der Waals surface area contributed by atoms with Gasteiger partial charge in [-0.2, -0.15) is 0 Å². The summed E-state index contributed by atoms with van der Waals surface area (Å²) in [6, 6.07) is 5.75. The maximum Gasteiger partial charge on any atom is 0.229 e. The fourth-order valence-corrected chi connectivity index (χ4v) is 2.70. The molecule has 2 N–H and O–H groups in total. The second kappa shape index (κ2) is 6.18. The Labute approximate surface area is 119 Å². The number of nitrogens with two attached hydrogens (primary N) is 1. The Hall–Kier alpha value is -1.68. The van der Waals surface area contributed by atoms with E-state index in [9.17, 15) is 9.59 Å². The van der Waals surface area contributed by atoms with Crippen LogP contribution < -0.4 is 5.73 Å². The lowest BCUT2D eigenvalue weighted by Gasteiger charge is -2.24. The van der Waals surface area contributed by atoms with Crippen molar-refractivity contribution in [3.63, 3.8) is 0 Å². The van der Waals surface area contributed by atoms with E-state index in [1.54, 1.807) is 0 Å². The maximum absolute atomic E-state index is 12.0. The van der Waals surface area contributed by atoms with E-state index < -0.39 is 0 Å². The van der Waals surface area contributed by atoms with Crippen LogP contribution in [0.4, 0.5) is 0 Å². The third-order valence-corrected chi connectivity index (χ3v) is 3.84. The van der Waals surface area contributed by atoms with Gasteiger partial charge in [0.05, 0.1) is 0 Å². The summed E-state index contributed by atoms with van der Waals surface area (Å²) < 4.78 is 0. The summed E-state index contributed by atoms with van der Waals surface area (Å²) in [6.45, 7) is 4.32. The van der Waals surface area contributed by atoms with Gasteiger partial charge in [-0.1, -0.05) is 23.8 Å². The second-order valence-corrected chi connectivity index (χ2v) is 5.57. The van der Waals surface area contributed by atoms with Crippen LogP contribution in [0.2, 0.25) is 0 Å². The zero-order valence-electron chi connectivity index (χ0n) is 12.2. The smallest absolute Gasteiger partial charge is 0.229 e. The van der Waals surface area contributed by atoms with E-state index >= 15 is 0 Å². The van der Waals surface area contributed by atoms with Gasteiger partial charge in [0, 0.05) is 25.4 Å². The molecule has 1 aliphatic rings. The first-order valence-electron chi connectivity index (χ1n) is 7.15. The van der Waals surface area contributed by atoms with Crippen LogP contribution in [0.15, 0.2) is 18.2 Å². The topological polar surface area (TPSA) is 63.4 Å². The highest BCUT2D eigenvalue weighted by Crippen LogP contribution is 2.20. The minimum Gasteiger partial charge on any atom is -0.322 e. The minimum atomic E-state index is -0.318. The van der Waals surface area contributed by atoms with E-state index in [1.807, 2.05) is 26.0 Å². The van der Waals surface area contributed by atoms with Crippen LogP contribution >= 0.6 is 0 Å². The molecule has 1 aromatic carbocycles. The van der Waals surface area contributed by atoms with Crippen LogP contribution in [-0.2, 0) is 9.59 Å². The average molecular weight is 274 g/mol. The lowest BCUT2D eigenvalue weighted by Crippen LogP contribution is -2.40. The van der Waals surface area contributed by atoms with Gasteiger partial charge >= 0.3 is 0 Å². The molecule has 0 saturated carbocycles. The molecule has 0 bridgehead atoms. The Kier molecular flexibility index (Phi) is 4.55. The average Bonchev–Trinajstić information content (AvgIpc) is 2.53. The predicted octanol–water partition coefficient (Wildman–Crippen LogP) is 2.23. The van der Waals surface area contributed by atoms with Gasteiger partial charge in [0.2, 0.25) is 11.8 Å². The number of nitrogens with zero attached hydrogens (tertiary/aromatic N) is 1. The van der Waals surface area contributed by atoms with Gasteiger partial charge in [-0.05, 0) is 37.8 Å². The molecule has 4 heteroatoms. The lowest BCUT2D eigenvalue weighted by atomic mass is 9.99. The van der Waals surface area contributed by atoms with Crippen molar-refractivity contribution in [2.45, 2.75) is 45.6 Å². The molecular formula is C16H22N2O2. The third-order valence-electron chi connectivity index (χ3n) is 3.84. The molecule has 0 radical (unpaired) electrons. The van der Waals surface area contributed by atoms with Crippen molar-refractivity contribution in [3.05, 3.63) is 34.9 Å². The number of carbonyl (C=O) groups is 2. The van der Waals surface area contributed by atoms with Gasteiger partial charge in [0.1, 0.15) is 0 Å². The predicted molar refractivity (Wildman–Crippen MR) is 78.0 cm³/mol. The number of imide groups is 1. The monoisotopic (exact) mass is 274 g/mol. The first-order valence-corrected chi connectivity index (χ1v) is 7.15. The quantitative estimate of drug-likeness (QED) is 0.860. The molecule has 20 heavy (non-hydrogen) atoms. The number of hydrogen-bond acceptors (Lipinski definition) is 3. The molecule has 2 rings (SSSR count). The second-order valence-electron chi connectivity index (χ2n) is 5.57. The number of aryl methyl sites for hydroxylation is 2. The molecule has 108 valence electrons. The van der Waals surface area contributed by atoms with Crippen molar-refractivity contribution in [2.24, 2.45) is 5.73 Å². The molecule has 1 fully saturated rings. The summed E-state index contributed by atoms with van der Waals surface area (Å²) >= 11 is 0. The highest BCUT2D eigenvalue weighted by atomic mass is 16.2. The summed E-state index contributed by atoms with van der Waals surface area (Å²) in [5, 5.41) is 0. The summed E-state index contributed by atoms with van der Waals surface area (Å²) in [6.07, 6.45) is 2.48. The SMILES string of the molecule is Cc1ccc(C(N)CN2C(=O)CCCCC2=O)c(C)c1. The van der Waals surface area contributed by atoms with Crippen LogP contribution in [0.5, 0.6) is 0 Å². The molecule has 4 nitrogen and oxygen atoms in total. The van der Waals surface area contributed by atoms with Crippen molar-refractivity contribution >= 4 is 11.8 Å². The minimum absolute atomic E-state index is 0.0901. The van der Waals surface area contributed by atoms with Gasteiger partial charge in [0.25, 0.3) is 0 Å². The van der Waals surface area contributed by atoms with E-state index in [-0.39, 0.29) is 24.4 Å². The van der Waals surface area contributed by atoms with E-state index in [0.29, 0.717) is 12.8 Å². The Morgan fingerprint density at radius 3 is 2.30 bits per heavy atom. The highest BCUT2D eigenvalue weighted by molar-refractivity contribution is 5.96. The molecule has 1 atom stereocenters. The molecule has 2 amide bonds. The summed E-state index contributed by atoms with van der Waals surface area (Å²) in [5.74, 6) is -0.180. The molecule has 0 spiro atoms. The van der Waals surface area contributed by atoms with Gasteiger partial charge < -0.3 is 5.73 Å². The molecule has 1 unspecified atom stereocenters. The summed E-state index contributed by atoms with van der Waals surface area (Å²) in [7, 11) is 0. The van der Waals surface area contributed by atoms with Crippen LogP contribution in [0, 0.1) is 13.8 Å². The van der Waals surface area contributed by atoms with E-state index in [2.05, 4.69) is 6.07 Å². The number of rotatable bonds is 3. The largest absolute Gasteiger partial charge is 0.322 e. The van der Waals surface area contributed by atoms with Crippen LogP contribution in [0.1, 0.15) is 48.4 Å². The lowest BCUT2D eigenvalue weighted by molar-refractivity contribution is -0.144. The van der Waals surface area contributed by atoms with E-state index in [4.69, 9.17) is 5.73 Å². The van der Waals surface area contributed by atoms with E-state index in [0.717, 1.165) is 24.0 Å². The Morgan fingerprint density at radius 1 is 1.15 bits per heavy atom. The van der Waals surface area contributed by atoms with Crippen LogP contribution in [-0.4, -0.2) is 23.3 Å². The molecule has 0 aliphatic carbocycles. The molecule has 0 aromatic heterocycles. The third kappa shape index (κ3) is 3.25. The molecule has 1 saturated heterocycles. The molecule has 1 aromatic rings. The standard InChI is InChI=1S/C16H22N2O2/c1-11-7-8-13(12(2)9-11)14(17)10-18-15(19)5-3-4-6-16(18)20/h7-9,14H,3-6,10,17H2,1-2H3. The van der Waals surface area contributed by atoms with Gasteiger partial charge in [-0.25, -0.2) is 0 Å². The van der Waals surface area contributed by atoms with Gasteiger partial charge in [-0.3, -0.25) is 14.5 Å². The van der Waals surface area contributed by atoms with Gasteiger partial charge in [-0.15, -0.1) is 0 Å². The van der Waals surface area contributed by atoms with Gasteiger partial charge in [0.15, 0.2) is 0 Å². The highest BCUT2D eigenvalue weighted by Gasteiger charge is 2.26. The van der Waals surface area contributed by atoms with E-state index in [1.165, 1.54) is 10.5 Å². The molecular weight excluding hydrogens is 252 g/mol. The first kappa shape index (κ1) is 14.7. The fourth-order valence-electron chi connectivity index (χ4n) is 2.70. The number of amides is 2.